The summed E-state index contributed by atoms with van der Waals surface area (Å²) in [6.45, 7) is 6.62. The van der Waals surface area contributed by atoms with Crippen LogP contribution in [0.15, 0.2) is 0 Å². The molecule has 4 heteroatoms. The van der Waals surface area contributed by atoms with E-state index in [-0.39, 0.29) is 12.5 Å². The van der Waals surface area contributed by atoms with Crippen molar-refractivity contribution >= 4 is 5.97 Å². The van der Waals surface area contributed by atoms with Crippen molar-refractivity contribution < 1.29 is 15.0 Å². The average molecular weight is 201 g/mol. The van der Waals surface area contributed by atoms with Gasteiger partial charge >= 0.3 is 5.97 Å². The molecule has 1 fully saturated rings. The molecule has 0 amide bonds. The van der Waals surface area contributed by atoms with E-state index in [0.717, 1.165) is 0 Å². The van der Waals surface area contributed by atoms with Crippen LogP contribution >= 0.6 is 0 Å². The van der Waals surface area contributed by atoms with Gasteiger partial charge in [-0.2, -0.15) is 0 Å². The molecule has 14 heavy (non-hydrogen) atoms. The lowest BCUT2D eigenvalue weighted by molar-refractivity contribution is -0.142. The molecule has 1 saturated heterocycles. The zero-order valence-electron chi connectivity index (χ0n) is 9.03. The van der Waals surface area contributed by atoms with Crippen molar-refractivity contribution in [3.8, 4) is 0 Å². The van der Waals surface area contributed by atoms with Crippen LogP contribution in [0.2, 0.25) is 0 Å². The van der Waals surface area contributed by atoms with E-state index in [2.05, 4.69) is 18.7 Å². The number of aliphatic hydroxyl groups is 1. The Kier molecular flexibility index (Phi) is 3.17. The molecule has 2 unspecified atom stereocenters. The van der Waals surface area contributed by atoms with E-state index in [0.29, 0.717) is 19.0 Å². The van der Waals surface area contributed by atoms with Gasteiger partial charge < -0.3 is 10.2 Å². The minimum absolute atomic E-state index is 0.152. The van der Waals surface area contributed by atoms with Crippen molar-refractivity contribution in [2.75, 3.05) is 6.54 Å². The van der Waals surface area contributed by atoms with Crippen LogP contribution in [-0.4, -0.2) is 45.3 Å². The standard InChI is InChI=1S/C10H19NO3/c1-7(2)11-6-10(14,4-8(11)3)5-9(12)13/h7-8,14H,4-6H2,1-3H3,(H,12,13). The third-order valence-electron chi connectivity index (χ3n) is 2.86. The summed E-state index contributed by atoms with van der Waals surface area (Å²) in [5.74, 6) is -0.926. The molecular formula is C10H19NO3. The van der Waals surface area contributed by atoms with Crippen molar-refractivity contribution in [2.24, 2.45) is 0 Å². The van der Waals surface area contributed by atoms with Gasteiger partial charge in [0.25, 0.3) is 0 Å². The largest absolute Gasteiger partial charge is 0.481 e. The molecule has 0 bridgehead atoms. The van der Waals surface area contributed by atoms with E-state index in [9.17, 15) is 9.90 Å². The van der Waals surface area contributed by atoms with Gasteiger partial charge in [-0.3, -0.25) is 9.69 Å². The van der Waals surface area contributed by atoms with Crippen LogP contribution in [0.3, 0.4) is 0 Å². The summed E-state index contributed by atoms with van der Waals surface area (Å²) in [5.41, 5.74) is -1.03. The fourth-order valence-corrected chi connectivity index (χ4v) is 2.33. The maximum atomic E-state index is 10.6. The maximum absolute atomic E-state index is 10.6. The highest BCUT2D eigenvalue weighted by molar-refractivity contribution is 5.68. The van der Waals surface area contributed by atoms with Gasteiger partial charge in [-0.15, -0.1) is 0 Å². The van der Waals surface area contributed by atoms with Gasteiger partial charge in [-0.05, 0) is 27.2 Å². The molecule has 0 aromatic heterocycles. The number of aliphatic carboxylic acids is 1. The summed E-state index contributed by atoms with van der Waals surface area (Å²) in [7, 11) is 0. The van der Waals surface area contributed by atoms with Crippen molar-refractivity contribution in [1.82, 2.24) is 4.90 Å². The Morgan fingerprint density at radius 2 is 2.21 bits per heavy atom. The Bertz CT molecular complexity index is 229. The second-order valence-corrected chi connectivity index (χ2v) is 4.61. The van der Waals surface area contributed by atoms with E-state index in [1.807, 2.05) is 6.92 Å². The van der Waals surface area contributed by atoms with Crippen LogP contribution in [0.4, 0.5) is 0 Å². The maximum Gasteiger partial charge on any atom is 0.306 e. The molecule has 0 aromatic carbocycles. The van der Waals surface area contributed by atoms with Crippen LogP contribution < -0.4 is 0 Å². The second kappa shape index (κ2) is 3.87. The highest BCUT2D eigenvalue weighted by atomic mass is 16.4. The Morgan fingerprint density at radius 1 is 1.64 bits per heavy atom. The molecule has 0 saturated carbocycles. The summed E-state index contributed by atoms with van der Waals surface area (Å²) in [6, 6.07) is 0.618. The van der Waals surface area contributed by atoms with Gasteiger partial charge in [-0.25, -0.2) is 0 Å². The third kappa shape index (κ3) is 2.45. The van der Waals surface area contributed by atoms with Crippen LogP contribution in [0.5, 0.6) is 0 Å². The molecule has 1 heterocycles. The Hall–Kier alpha value is -0.610. The van der Waals surface area contributed by atoms with E-state index < -0.39 is 11.6 Å². The topological polar surface area (TPSA) is 60.8 Å². The number of carboxylic acid groups (broad SMARTS) is 1. The fourth-order valence-electron chi connectivity index (χ4n) is 2.33. The molecule has 1 aliphatic heterocycles. The van der Waals surface area contributed by atoms with Gasteiger partial charge in [0.05, 0.1) is 12.0 Å². The lowest BCUT2D eigenvalue weighted by Gasteiger charge is -2.26. The third-order valence-corrected chi connectivity index (χ3v) is 2.86. The number of β-amino-alcohol motifs (C(OH)–C–C–N with tert-alkyl or cyclic N) is 1. The van der Waals surface area contributed by atoms with Crippen LogP contribution in [0.1, 0.15) is 33.6 Å². The van der Waals surface area contributed by atoms with Crippen LogP contribution in [-0.2, 0) is 4.79 Å². The number of nitrogens with zero attached hydrogens (tertiary/aromatic N) is 1. The van der Waals surface area contributed by atoms with E-state index in [1.165, 1.54) is 0 Å². The minimum atomic E-state index is -1.03. The molecule has 0 radical (unpaired) electrons. The average Bonchev–Trinajstić information content (AvgIpc) is 2.24. The minimum Gasteiger partial charge on any atom is -0.481 e. The number of carboxylic acids is 1. The molecule has 0 aromatic rings. The predicted molar refractivity (Wildman–Crippen MR) is 53.1 cm³/mol. The van der Waals surface area contributed by atoms with Gasteiger partial charge in [0.15, 0.2) is 0 Å². The van der Waals surface area contributed by atoms with Gasteiger partial charge in [0, 0.05) is 18.6 Å². The van der Waals surface area contributed by atoms with Crippen molar-refractivity contribution in [1.29, 1.82) is 0 Å². The van der Waals surface area contributed by atoms with E-state index in [1.54, 1.807) is 0 Å². The number of carbonyl (C=O) groups is 1. The summed E-state index contributed by atoms with van der Waals surface area (Å²) in [4.78, 5) is 12.7. The highest BCUT2D eigenvalue weighted by Crippen LogP contribution is 2.31. The summed E-state index contributed by atoms with van der Waals surface area (Å²) in [6.07, 6.45) is 0.401. The first-order chi connectivity index (χ1) is 6.34. The van der Waals surface area contributed by atoms with Crippen molar-refractivity contribution in [2.45, 2.75) is 51.3 Å². The number of hydrogen-bond acceptors (Lipinski definition) is 3. The number of hydrogen-bond donors (Lipinski definition) is 2. The quantitative estimate of drug-likeness (QED) is 0.705. The zero-order chi connectivity index (χ0) is 10.9. The first-order valence-electron chi connectivity index (χ1n) is 5.04. The molecule has 82 valence electrons. The molecule has 0 aliphatic carbocycles. The molecule has 0 spiro atoms. The molecule has 1 aliphatic rings. The lowest BCUT2D eigenvalue weighted by atomic mass is 9.97. The number of rotatable bonds is 3. The monoisotopic (exact) mass is 201 g/mol. The van der Waals surface area contributed by atoms with Gasteiger partial charge in [0.2, 0.25) is 0 Å². The summed E-state index contributed by atoms with van der Waals surface area (Å²) < 4.78 is 0. The van der Waals surface area contributed by atoms with Crippen LogP contribution in [0, 0.1) is 0 Å². The molecule has 4 nitrogen and oxygen atoms in total. The Labute approximate surface area is 84.5 Å². The normalized spacial score (nSPS) is 33.9. The van der Waals surface area contributed by atoms with Gasteiger partial charge in [0.1, 0.15) is 0 Å². The molecular weight excluding hydrogens is 182 g/mol. The highest BCUT2D eigenvalue weighted by Gasteiger charge is 2.42. The SMILES string of the molecule is CC(C)N1CC(O)(CC(=O)O)CC1C. The number of likely N-dealkylation sites (tertiary alicyclic amines) is 1. The lowest BCUT2D eigenvalue weighted by Crippen LogP contribution is -2.38. The molecule has 2 atom stereocenters. The summed E-state index contributed by atoms with van der Waals surface area (Å²) in [5, 5.41) is 18.7. The first kappa shape index (κ1) is 11.5. The van der Waals surface area contributed by atoms with Crippen molar-refractivity contribution in [3.63, 3.8) is 0 Å². The predicted octanol–water partition coefficient (Wildman–Crippen LogP) is 0.695. The smallest absolute Gasteiger partial charge is 0.306 e. The molecule has 2 N–H and O–H groups in total. The van der Waals surface area contributed by atoms with E-state index >= 15 is 0 Å². The van der Waals surface area contributed by atoms with E-state index in [4.69, 9.17) is 5.11 Å². The Morgan fingerprint density at radius 3 is 2.57 bits per heavy atom. The second-order valence-electron chi connectivity index (χ2n) is 4.61. The summed E-state index contributed by atoms with van der Waals surface area (Å²) >= 11 is 0. The first-order valence-corrected chi connectivity index (χ1v) is 5.04. The van der Waals surface area contributed by atoms with Crippen molar-refractivity contribution in [3.05, 3.63) is 0 Å². The van der Waals surface area contributed by atoms with Crippen LogP contribution in [0.25, 0.3) is 0 Å². The molecule has 1 rings (SSSR count). The zero-order valence-corrected chi connectivity index (χ0v) is 9.03. The Balaban J connectivity index is 2.65. The van der Waals surface area contributed by atoms with Gasteiger partial charge in [-0.1, -0.05) is 0 Å². The fraction of sp³-hybridized carbons (Fsp3) is 0.900.